The van der Waals surface area contributed by atoms with Crippen LogP contribution in [0.5, 0.6) is 0 Å². The van der Waals surface area contributed by atoms with Crippen molar-refractivity contribution in [1.29, 1.82) is 0 Å². The van der Waals surface area contributed by atoms with E-state index in [0.717, 1.165) is 6.42 Å². The Morgan fingerprint density at radius 1 is 0.679 bits per heavy atom. The lowest BCUT2D eigenvalue weighted by Gasteiger charge is -2.38. The van der Waals surface area contributed by atoms with Crippen LogP contribution < -0.4 is 0 Å². The Balaban J connectivity index is 1.75. The summed E-state index contributed by atoms with van der Waals surface area (Å²) in [6.07, 6.45) is 3.64. The smallest absolute Gasteiger partial charge is 0.0324 e. The first-order valence-corrected chi connectivity index (χ1v) is 10.3. The molecule has 2 aliphatic carbocycles. The second kappa shape index (κ2) is 6.07. The largest absolute Gasteiger partial charge is 0.0692 e. The third kappa shape index (κ3) is 2.12. The summed E-state index contributed by atoms with van der Waals surface area (Å²) in [5.74, 6) is 0. The van der Waals surface area contributed by atoms with E-state index in [0.29, 0.717) is 0 Å². The first-order chi connectivity index (χ1) is 13.6. The van der Waals surface area contributed by atoms with E-state index in [4.69, 9.17) is 0 Å². The molecule has 2 aliphatic rings. The second-order valence-electron chi connectivity index (χ2n) is 8.30. The van der Waals surface area contributed by atoms with Gasteiger partial charge in [-0.15, -0.1) is 0 Å². The minimum Gasteiger partial charge on any atom is -0.0692 e. The van der Waals surface area contributed by atoms with Crippen LogP contribution >= 0.6 is 0 Å². The molecule has 3 aromatic rings. The maximum Gasteiger partial charge on any atom is 0.0324 e. The number of rotatable bonds is 4. The van der Waals surface area contributed by atoms with Gasteiger partial charge in [0.1, 0.15) is 0 Å². The Kier molecular flexibility index (Phi) is 3.74. The lowest BCUT2D eigenvalue weighted by molar-refractivity contribution is 0.378. The number of hydrogen-bond acceptors (Lipinski definition) is 0. The Hall–Kier alpha value is -2.86. The van der Waals surface area contributed by atoms with Crippen LogP contribution in [0.15, 0.2) is 91.0 Å². The van der Waals surface area contributed by atoms with Crippen molar-refractivity contribution >= 4 is 16.7 Å². The van der Waals surface area contributed by atoms with Gasteiger partial charge in [0.15, 0.2) is 0 Å². The molecule has 1 atom stereocenters. The molecule has 0 aliphatic heterocycles. The van der Waals surface area contributed by atoms with E-state index in [1.165, 1.54) is 39.0 Å². The maximum absolute atomic E-state index is 2.55. The second-order valence-corrected chi connectivity index (χ2v) is 8.30. The number of allylic oxidation sites excluding steroid dienone is 4. The highest BCUT2D eigenvalue weighted by Crippen LogP contribution is 2.74. The Bertz CT molecular complexity index is 1050. The molecule has 0 nitrogen and oxygen atoms in total. The number of hydrogen-bond donors (Lipinski definition) is 0. The molecule has 5 rings (SSSR count). The van der Waals surface area contributed by atoms with Gasteiger partial charge in [0.2, 0.25) is 0 Å². The molecule has 0 spiro atoms. The third-order valence-electron chi connectivity index (χ3n) is 7.06. The summed E-state index contributed by atoms with van der Waals surface area (Å²) in [4.78, 5) is 0. The van der Waals surface area contributed by atoms with Crippen molar-refractivity contribution in [2.24, 2.45) is 5.41 Å². The van der Waals surface area contributed by atoms with Gasteiger partial charge in [-0.3, -0.25) is 0 Å². The normalized spacial score (nSPS) is 22.0. The van der Waals surface area contributed by atoms with E-state index >= 15 is 0 Å². The van der Waals surface area contributed by atoms with Gasteiger partial charge in [0.25, 0.3) is 0 Å². The van der Waals surface area contributed by atoms with E-state index in [1.807, 2.05) is 0 Å². The van der Waals surface area contributed by atoms with E-state index < -0.39 is 0 Å². The van der Waals surface area contributed by atoms with Crippen molar-refractivity contribution in [3.05, 3.63) is 113 Å². The fourth-order valence-electron chi connectivity index (χ4n) is 5.70. The first-order valence-electron chi connectivity index (χ1n) is 10.3. The van der Waals surface area contributed by atoms with Gasteiger partial charge in [0.05, 0.1) is 0 Å². The van der Waals surface area contributed by atoms with Crippen LogP contribution in [-0.4, -0.2) is 0 Å². The van der Waals surface area contributed by atoms with Gasteiger partial charge in [-0.25, -0.2) is 0 Å². The highest BCUT2D eigenvalue weighted by atomic mass is 14.6. The first kappa shape index (κ1) is 17.3. The molecule has 138 valence electrons. The summed E-state index contributed by atoms with van der Waals surface area (Å²) < 4.78 is 0. The highest BCUT2D eigenvalue weighted by molar-refractivity contribution is 6.16. The SMILES string of the molecule is CCC1(C2(C)C(c3ccccc3)=C2c2ccccc2)C=C(C)c2ccccc21. The van der Waals surface area contributed by atoms with E-state index in [1.54, 1.807) is 0 Å². The third-order valence-corrected chi connectivity index (χ3v) is 7.06. The van der Waals surface area contributed by atoms with Crippen LogP contribution in [0.25, 0.3) is 16.7 Å². The monoisotopic (exact) mass is 362 g/mol. The van der Waals surface area contributed by atoms with Gasteiger partial charge in [0, 0.05) is 10.8 Å². The standard InChI is InChI=1S/C28H26/c1-4-28(19-20(2)23-17-11-12-18-24(23)28)27(3)25(21-13-7-5-8-14-21)26(27)22-15-9-6-10-16-22/h5-19H,4H2,1-3H3. The predicted molar refractivity (Wildman–Crippen MR) is 120 cm³/mol. The molecule has 0 saturated carbocycles. The zero-order chi connectivity index (χ0) is 19.4. The van der Waals surface area contributed by atoms with Crippen LogP contribution in [0.3, 0.4) is 0 Å². The molecule has 0 aromatic heterocycles. The predicted octanol–water partition coefficient (Wildman–Crippen LogP) is 7.38. The zero-order valence-electron chi connectivity index (χ0n) is 16.9. The van der Waals surface area contributed by atoms with Crippen LogP contribution in [0, 0.1) is 5.41 Å². The van der Waals surface area contributed by atoms with Crippen LogP contribution in [0.2, 0.25) is 0 Å². The molecular formula is C28H26. The average molecular weight is 363 g/mol. The topological polar surface area (TPSA) is 0 Å². The van der Waals surface area contributed by atoms with Crippen molar-refractivity contribution in [3.63, 3.8) is 0 Å². The van der Waals surface area contributed by atoms with Crippen molar-refractivity contribution in [1.82, 2.24) is 0 Å². The molecule has 0 amide bonds. The Morgan fingerprint density at radius 3 is 1.71 bits per heavy atom. The summed E-state index contributed by atoms with van der Waals surface area (Å²) in [5.41, 5.74) is 10.0. The van der Waals surface area contributed by atoms with Gasteiger partial charge in [-0.1, -0.05) is 105 Å². The molecule has 28 heavy (non-hydrogen) atoms. The molecule has 0 heterocycles. The molecule has 0 bridgehead atoms. The molecule has 0 radical (unpaired) electrons. The zero-order valence-corrected chi connectivity index (χ0v) is 16.9. The summed E-state index contributed by atoms with van der Waals surface area (Å²) in [6, 6.07) is 30.9. The molecule has 1 unspecified atom stereocenters. The van der Waals surface area contributed by atoms with Crippen molar-refractivity contribution in [2.45, 2.75) is 32.6 Å². The van der Waals surface area contributed by atoms with Gasteiger partial charge >= 0.3 is 0 Å². The molecule has 0 fully saturated rings. The van der Waals surface area contributed by atoms with E-state index in [9.17, 15) is 0 Å². The minimum absolute atomic E-state index is 0.00167. The van der Waals surface area contributed by atoms with E-state index in [2.05, 4.69) is 112 Å². The van der Waals surface area contributed by atoms with Gasteiger partial charge in [-0.05, 0) is 52.3 Å². The maximum atomic E-state index is 2.55. The van der Waals surface area contributed by atoms with Gasteiger partial charge in [-0.2, -0.15) is 0 Å². The van der Waals surface area contributed by atoms with Crippen molar-refractivity contribution in [3.8, 4) is 0 Å². The summed E-state index contributed by atoms with van der Waals surface area (Å²) in [5, 5.41) is 0. The Morgan fingerprint density at radius 2 is 1.18 bits per heavy atom. The average Bonchev–Trinajstić information content (AvgIpc) is 3.29. The minimum atomic E-state index is -0.00167. The number of benzene rings is 3. The molecule has 0 N–H and O–H groups in total. The molecule has 0 saturated heterocycles. The van der Waals surface area contributed by atoms with Crippen LogP contribution in [-0.2, 0) is 5.41 Å². The van der Waals surface area contributed by atoms with Crippen molar-refractivity contribution in [2.75, 3.05) is 0 Å². The number of fused-ring (bicyclic) bond motifs is 1. The van der Waals surface area contributed by atoms with Crippen LogP contribution in [0.4, 0.5) is 0 Å². The molecule has 0 heteroatoms. The Labute approximate surface area is 168 Å². The molecular weight excluding hydrogens is 336 g/mol. The van der Waals surface area contributed by atoms with Gasteiger partial charge < -0.3 is 0 Å². The quantitative estimate of drug-likeness (QED) is 0.454. The molecule has 3 aromatic carbocycles. The summed E-state index contributed by atoms with van der Waals surface area (Å²) in [7, 11) is 0. The fourth-order valence-corrected chi connectivity index (χ4v) is 5.70. The van der Waals surface area contributed by atoms with E-state index in [-0.39, 0.29) is 10.8 Å². The lowest BCUT2D eigenvalue weighted by atomic mass is 9.63. The fraction of sp³-hybridized carbons (Fsp3) is 0.214. The lowest BCUT2D eigenvalue weighted by Crippen LogP contribution is -2.34. The highest BCUT2D eigenvalue weighted by Gasteiger charge is 2.63. The van der Waals surface area contributed by atoms with Crippen LogP contribution in [0.1, 0.15) is 49.4 Å². The summed E-state index contributed by atoms with van der Waals surface area (Å²) in [6.45, 7) is 7.08. The summed E-state index contributed by atoms with van der Waals surface area (Å²) >= 11 is 0. The van der Waals surface area contributed by atoms with Crippen molar-refractivity contribution < 1.29 is 0 Å².